The van der Waals surface area contributed by atoms with Gasteiger partial charge in [-0.3, -0.25) is 4.79 Å². The topological polar surface area (TPSA) is 64.9 Å². The van der Waals surface area contributed by atoms with Gasteiger partial charge in [-0.2, -0.15) is 0 Å². The molecule has 3 aliphatic rings. The molecule has 1 heterocycles. The molecule has 0 aromatic carbocycles. The van der Waals surface area contributed by atoms with Crippen molar-refractivity contribution in [2.24, 2.45) is 17.0 Å². The fourth-order valence-corrected chi connectivity index (χ4v) is 4.39. The van der Waals surface area contributed by atoms with Crippen LogP contribution < -0.4 is 5.32 Å². The van der Waals surface area contributed by atoms with Crippen molar-refractivity contribution < 1.29 is 10.0 Å². The number of nitrogens with zero attached hydrogens (tertiary/aromatic N) is 2. The maximum Gasteiger partial charge on any atom is 0.250 e. The van der Waals surface area contributed by atoms with Crippen molar-refractivity contribution in [3.8, 4) is 0 Å². The van der Waals surface area contributed by atoms with Crippen LogP contribution in [0.3, 0.4) is 0 Å². The summed E-state index contributed by atoms with van der Waals surface area (Å²) < 4.78 is 0. The molecular formula is C21H37N3O2. The third-order valence-electron chi connectivity index (χ3n) is 6.06. The molecule has 1 saturated heterocycles. The molecule has 2 N–H and O–H groups in total. The van der Waals surface area contributed by atoms with Crippen LogP contribution in [0.4, 0.5) is 0 Å². The molecular weight excluding hydrogens is 326 g/mol. The summed E-state index contributed by atoms with van der Waals surface area (Å²) in [7, 11) is 1.85. The van der Waals surface area contributed by atoms with Crippen molar-refractivity contribution >= 4 is 11.6 Å². The SMILES string of the molecule is C/C=C1\NC(CCC2CCCCC2)C(=O)N1C.CC1CCCC(=NO)C1. The number of carbonyl (C=O) groups is 1. The fourth-order valence-electron chi connectivity index (χ4n) is 4.39. The zero-order valence-corrected chi connectivity index (χ0v) is 16.8. The van der Waals surface area contributed by atoms with E-state index in [0.717, 1.165) is 42.6 Å². The molecule has 2 unspecified atom stereocenters. The van der Waals surface area contributed by atoms with Gasteiger partial charge in [0.2, 0.25) is 5.91 Å². The molecule has 2 atom stereocenters. The van der Waals surface area contributed by atoms with Crippen LogP contribution in [0.1, 0.15) is 84.5 Å². The van der Waals surface area contributed by atoms with Gasteiger partial charge in [0.15, 0.2) is 0 Å². The Labute approximate surface area is 158 Å². The standard InChI is InChI=1S/C14H24N2O.C7H13NO/c1-3-13-15-12(14(17)16(13)2)10-9-11-7-5-4-6-8-11;1-6-3-2-4-7(5-6)8-9/h3,11-12,15H,4-10H2,1-2H3;6,9H,2-5H2,1H3/b13-3+;. The minimum atomic E-state index is 0.0214. The number of nitrogens with one attached hydrogen (secondary N) is 1. The van der Waals surface area contributed by atoms with Crippen LogP contribution in [0.25, 0.3) is 0 Å². The zero-order chi connectivity index (χ0) is 18.9. The second-order valence-corrected chi connectivity index (χ2v) is 8.22. The number of hydrogen-bond acceptors (Lipinski definition) is 4. The lowest BCUT2D eigenvalue weighted by atomic mass is 9.85. The van der Waals surface area contributed by atoms with E-state index in [2.05, 4.69) is 17.4 Å². The van der Waals surface area contributed by atoms with Gasteiger partial charge in [-0.15, -0.1) is 0 Å². The summed E-state index contributed by atoms with van der Waals surface area (Å²) in [6, 6.07) is 0.0214. The van der Waals surface area contributed by atoms with Crippen LogP contribution in [0.2, 0.25) is 0 Å². The number of amides is 1. The average molecular weight is 364 g/mol. The van der Waals surface area contributed by atoms with Crippen LogP contribution in [0, 0.1) is 11.8 Å². The van der Waals surface area contributed by atoms with Crippen LogP contribution in [0.5, 0.6) is 0 Å². The third kappa shape index (κ3) is 6.03. The molecule has 3 rings (SSSR count). The molecule has 5 heteroatoms. The first-order valence-corrected chi connectivity index (χ1v) is 10.4. The average Bonchev–Trinajstić information content (AvgIpc) is 2.95. The van der Waals surface area contributed by atoms with Gasteiger partial charge in [-0.1, -0.05) is 44.2 Å². The van der Waals surface area contributed by atoms with E-state index in [1.54, 1.807) is 4.90 Å². The van der Waals surface area contributed by atoms with E-state index < -0.39 is 0 Å². The minimum absolute atomic E-state index is 0.0214. The predicted molar refractivity (Wildman–Crippen MR) is 106 cm³/mol. The number of allylic oxidation sites excluding steroid dienone is 1. The Morgan fingerprint density at radius 1 is 1.19 bits per heavy atom. The van der Waals surface area contributed by atoms with Gasteiger partial charge in [0.25, 0.3) is 0 Å². The molecule has 148 valence electrons. The fraction of sp³-hybridized carbons (Fsp3) is 0.810. The summed E-state index contributed by atoms with van der Waals surface area (Å²) in [6.45, 7) is 4.17. The first kappa shape index (κ1) is 20.8. The maximum atomic E-state index is 12.0. The van der Waals surface area contributed by atoms with Crippen molar-refractivity contribution in [2.75, 3.05) is 7.05 Å². The van der Waals surface area contributed by atoms with E-state index in [4.69, 9.17) is 5.21 Å². The van der Waals surface area contributed by atoms with E-state index in [1.165, 1.54) is 51.4 Å². The smallest absolute Gasteiger partial charge is 0.250 e. The lowest BCUT2D eigenvalue weighted by Crippen LogP contribution is -2.29. The molecule has 0 bridgehead atoms. The summed E-state index contributed by atoms with van der Waals surface area (Å²) in [5.41, 5.74) is 0.980. The normalized spacial score (nSPS) is 30.3. The molecule has 1 amide bonds. The lowest BCUT2D eigenvalue weighted by Gasteiger charge is -2.22. The second kappa shape index (κ2) is 10.6. The summed E-state index contributed by atoms with van der Waals surface area (Å²) in [6.07, 6.45) is 15.6. The van der Waals surface area contributed by atoms with Crippen LogP contribution in [-0.2, 0) is 4.79 Å². The maximum absolute atomic E-state index is 12.0. The highest BCUT2D eigenvalue weighted by atomic mass is 16.4. The van der Waals surface area contributed by atoms with E-state index in [0.29, 0.717) is 0 Å². The number of carbonyl (C=O) groups excluding carboxylic acids is 1. The molecule has 0 spiro atoms. The number of likely N-dealkylation sites (N-methyl/N-ethyl adjacent to an activating group) is 1. The van der Waals surface area contributed by atoms with E-state index >= 15 is 0 Å². The Balaban J connectivity index is 0.000000228. The molecule has 3 fully saturated rings. The van der Waals surface area contributed by atoms with Gasteiger partial charge < -0.3 is 15.4 Å². The molecule has 0 aromatic heterocycles. The number of hydrogen-bond donors (Lipinski definition) is 2. The van der Waals surface area contributed by atoms with Crippen molar-refractivity contribution in [1.82, 2.24) is 10.2 Å². The summed E-state index contributed by atoms with van der Waals surface area (Å²) in [4.78, 5) is 13.7. The van der Waals surface area contributed by atoms with E-state index in [-0.39, 0.29) is 11.9 Å². The highest BCUT2D eigenvalue weighted by Gasteiger charge is 2.32. The first-order valence-electron chi connectivity index (χ1n) is 10.4. The Morgan fingerprint density at radius 3 is 2.46 bits per heavy atom. The lowest BCUT2D eigenvalue weighted by molar-refractivity contribution is -0.127. The molecule has 2 saturated carbocycles. The second-order valence-electron chi connectivity index (χ2n) is 8.22. The van der Waals surface area contributed by atoms with Gasteiger partial charge in [0.1, 0.15) is 11.9 Å². The third-order valence-corrected chi connectivity index (χ3v) is 6.06. The van der Waals surface area contributed by atoms with Crippen molar-refractivity contribution in [2.45, 2.75) is 90.5 Å². The zero-order valence-electron chi connectivity index (χ0n) is 16.8. The predicted octanol–water partition coefficient (Wildman–Crippen LogP) is 4.67. The van der Waals surface area contributed by atoms with Gasteiger partial charge in [-0.05, 0) is 63.4 Å². The monoisotopic (exact) mass is 363 g/mol. The van der Waals surface area contributed by atoms with Gasteiger partial charge in [-0.25, -0.2) is 0 Å². The molecule has 5 nitrogen and oxygen atoms in total. The minimum Gasteiger partial charge on any atom is -0.411 e. The van der Waals surface area contributed by atoms with E-state index in [1.807, 2.05) is 20.0 Å². The highest BCUT2D eigenvalue weighted by Crippen LogP contribution is 2.28. The summed E-state index contributed by atoms with van der Waals surface area (Å²) in [5.74, 6) is 2.78. The Hall–Kier alpha value is -1.52. The molecule has 2 aliphatic carbocycles. The van der Waals surface area contributed by atoms with Gasteiger partial charge >= 0.3 is 0 Å². The molecule has 0 aromatic rings. The van der Waals surface area contributed by atoms with Gasteiger partial charge in [0, 0.05) is 7.05 Å². The van der Waals surface area contributed by atoms with Crippen LogP contribution in [0.15, 0.2) is 17.1 Å². The van der Waals surface area contributed by atoms with Crippen molar-refractivity contribution in [1.29, 1.82) is 0 Å². The first-order chi connectivity index (χ1) is 12.5. The Kier molecular flexibility index (Phi) is 8.46. The number of rotatable bonds is 3. The Morgan fingerprint density at radius 2 is 1.92 bits per heavy atom. The van der Waals surface area contributed by atoms with Crippen LogP contribution in [-0.4, -0.2) is 34.8 Å². The van der Waals surface area contributed by atoms with Gasteiger partial charge in [0.05, 0.1) is 5.71 Å². The van der Waals surface area contributed by atoms with E-state index in [9.17, 15) is 4.79 Å². The van der Waals surface area contributed by atoms with Crippen molar-refractivity contribution in [3.63, 3.8) is 0 Å². The van der Waals surface area contributed by atoms with Crippen molar-refractivity contribution in [3.05, 3.63) is 11.9 Å². The molecule has 1 aliphatic heterocycles. The van der Waals surface area contributed by atoms with Crippen LogP contribution >= 0.6 is 0 Å². The summed E-state index contributed by atoms with van der Waals surface area (Å²) in [5, 5.41) is 14.9. The largest absolute Gasteiger partial charge is 0.411 e. The quantitative estimate of drug-likeness (QED) is 0.566. The Bertz CT molecular complexity index is 509. The molecule has 0 radical (unpaired) electrons. The summed E-state index contributed by atoms with van der Waals surface area (Å²) >= 11 is 0. The number of oxime groups is 1. The highest BCUT2D eigenvalue weighted by molar-refractivity contribution is 5.86. The molecule has 26 heavy (non-hydrogen) atoms.